The van der Waals surface area contributed by atoms with Crippen molar-refractivity contribution >= 4 is 11.3 Å². The van der Waals surface area contributed by atoms with Gasteiger partial charge in [-0.3, -0.25) is 9.88 Å². The highest BCUT2D eigenvalue weighted by Crippen LogP contribution is 2.48. The van der Waals surface area contributed by atoms with Crippen molar-refractivity contribution in [1.29, 1.82) is 0 Å². The quantitative estimate of drug-likeness (QED) is 0.426. The molecule has 8 heteroatoms. The zero-order chi connectivity index (χ0) is 23.2. The second-order valence-corrected chi connectivity index (χ2v) is 10.8. The summed E-state index contributed by atoms with van der Waals surface area (Å²) in [6.07, 6.45) is 18.3. The summed E-state index contributed by atoms with van der Waals surface area (Å²) in [6, 6.07) is 6.54. The van der Waals surface area contributed by atoms with Crippen molar-refractivity contribution in [1.82, 2.24) is 34.3 Å². The minimum absolute atomic E-state index is 0.595. The third-order valence-electron chi connectivity index (χ3n) is 8.25. The second kappa shape index (κ2) is 8.45. The minimum Gasteiger partial charge on any atom is -0.370 e. The first-order valence-electron chi connectivity index (χ1n) is 13.0. The maximum absolute atomic E-state index is 4.82. The van der Waals surface area contributed by atoms with E-state index in [1.54, 1.807) is 0 Å². The molecule has 3 fully saturated rings. The van der Waals surface area contributed by atoms with Gasteiger partial charge >= 0.3 is 0 Å². The molecule has 0 aromatic carbocycles. The van der Waals surface area contributed by atoms with E-state index in [2.05, 4.69) is 60.1 Å². The van der Waals surface area contributed by atoms with Crippen LogP contribution in [0.3, 0.4) is 0 Å². The molecular formula is C27H32N8. The third kappa shape index (κ3) is 4.10. The number of imidazole rings is 1. The number of hydrogen-bond donors (Lipinski definition) is 0. The maximum Gasteiger partial charge on any atom is 0.137 e. The standard InChI is InChI=1S/C27H32N8/c1-2-10-33(9-1)24-12-22(13-28-14-24)25-19-35(31-30-25)18-23-17-34-16-21(4-5-26(34)29-23)15-32-11-8-27(20-32)6-3-7-27/h4-5,12-14,16-17,19H,1-3,6-11,15,18,20H2. The van der Waals surface area contributed by atoms with E-state index in [1.165, 1.54) is 62.9 Å². The van der Waals surface area contributed by atoms with E-state index in [0.29, 0.717) is 12.0 Å². The van der Waals surface area contributed by atoms with Gasteiger partial charge in [-0.2, -0.15) is 0 Å². The van der Waals surface area contributed by atoms with Crippen LogP contribution < -0.4 is 4.90 Å². The van der Waals surface area contributed by atoms with Crippen LogP contribution in [0.25, 0.3) is 16.9 Å². The number of anilines is 1. The van der Waals surface area contributed by atoms with Crippen molar-refractivity contribution in [2.75, 3.05) is 31.1 Å². The summed E-state index contributed by atoms with van der Waals surface area (Å²) in [4.78, 5) is 14.3. The highest BCUT2D eigenvalue weighted by Gasteiger charge is 2.42. The molecule has 0 unspecified atom stereocenters. The van der Waals surface area contributed by atoms with Gasteiger partial charge < -0.3 is 9.30 Å². The lowest BCUT2D eigenvalue weighted by Gasteiger charge is -2.38. The average Bonchev–Trinajstić information content (AvgIpc) is 3.64. The predicted molar refractivity (Wildman–Crippen MR) is 135 cm³/mol. The molecule has 180 valence electrons. The monoisotopic (exact) mass is 468 g/mol. The number of pyridine rings is 2. The summed E-state index contributed by atoms with van der Waals surface area (Å²) in [7, 11) is 0. The molecule has 1 saturated carbocycles. The molecule has 1 aliphatic carbocycles. The summed E-state index contributed by atoms with van der Waals surface area (Å²) in [5, 5.41) is 8.78. The van der Waals surface area contributed by atoms with Crippen molar-refractivity contribution in [3.05, 3.63) is 60.4 Å². The summed E-state index contributed by atoms with van der Waals surface area (Å²) >= 11 is 0. The van der Waals surface area contributed by atoms with Gasteiger partial charge in [0.05, 0.1) is 30.3 Å². The van der Waals surface area contributed by atoms with E-state index in [-0.39, 0.29) is 0 Å². The zero-order valence-corrected chi connectivity index (χ0v) is 20.2. The Bertz CT molecular complexity index is 1340. The van der Waals surface area contributed by atoms with E-state index >= 15 is 0 Å². The van der Waals surface area contributed by atoms with Gasteiger partial charge in [0.1, 0.15) is 11.3 Å². The van der Waals surface area contributed by atoms with Gasteiger partial charge in [-0.1, -0.05) is 17.7 Å². The van der Waals surface area contributed by atoms with Gasteiger partial charge in [0, 0.05) is 50.3 Å². The topological polar surface area (TPSA) is 67.4 Å². The Morgan fingerprint density at radius 3 is 2.63 bits per heavy atom. The van der Waals surface area contributed by atoms with Crippen molar-refractivity contribution in [2.45, 2.75) is 51.6 Å². The van der Waals surface area contributed by atoms with Crippen molar-refractivity contribution < 1.29 is 0 Å². The van der Waals surface area contributed by atoms with Crippen LogP contribution in [0.4, 0.5) is 5.69 Å². The Morgan fingerprint density at radius 1 is 0.886 bits per heavy atom. The lowest BCUT2D eigenvalue weighted by atomic mass is 9.68. The fourth-order valence-electron chi connectivity index (χ4n) is 6.16. The van der Waals surface area contributed by atoms with E-state index < -0.39 is 0 Å². The molecule has 6 heterocycles. The van der Waals surface area contributed by atoms with Gasteiger partial charge in [0.2, 0.25) is 0 Å². The van der Waals surface area contributed by atoms with Crippen molar-refractivity contribution in [3.63, 3.8) is 0 Å². The number of fused-ring (bicyclic) bond motifs is 1. The average molecular weight is 469 g/mol. The SMILES string of the molecule is c1cc2nc(Cn3cc(-c4cncc(N5CCCC5)c4)nn3)cn2cc1CN1CCC2(CCC2)C1. The summed E-state index contributed by atoms with van der Waals surface area (Å²) in [6.45, 7) is 6.34. The molecule has 0 N–H and O–H groups in total. The van der Waals surface area contributed by atoms with Crippen molar-refractivity contribution in [3.8, 4) is 11.3 Å². The van der Waals surface area contributed by atoms with Crippen LogP contribution in [-0.2, 0) is 13.1 Å². The number of rotatable bonds is 6. The molecule has 7 rings (SSSR count). The van der Waals surface area contributed by atoms with Crippen LogP contribution in [0.2, 0.25) is 0 Å². The fraction of sp³-hybridized carbons (Fsp3) is 0.481. The van der Waals surface area contributed by atoms with E-state index in [9.17, 15) is 0 Å². The van der Waals surface area contributed by atoms with Crippen LogP contribution in [0.15, 0.2) is 49.2 Å². The first-order chi connectivity index (χ1) is 17.2. The van der Waals surface area contributed by atoms with Gasteiger partial charge in [-0.15, -0.1) is 5.10 Å². The summed E-state index contributed by atoms with van der Waals surface area (Å²) in [5.41, 5.74) is 6.98. The van der Waals surface area contributed by atoms with Gasteiger partial charge in [0.15, 0.2) is 0 Å². The van der Waals surface area contributed by atoms with Gasteiger partial charge in [0.25, 0.3) is 0 Å². The maximum atomic E-state index is 4.82. The highest BCUT2D eigenvalue weighted by molar-refractivity contribution is 5.63. The van der Waals surface area contributed by atoms with Crippen LogP contribution in [0.1, 0.15) is 49.8 Å². The first-order valence-corrected chi connectivity index (χ1v) is 13.0. The Hall–Kier alpha value is -3.26. The molecule has 2 aliphatic heterocycles. The molecule has 2 saturated heterocycles. The molecule has 0 radical (unpaired) electrons. The predicted octanol–water partition coefficient (Wildman–Crippen LogP) is 4.01. The molecule has 8 nitrogen and oxygen atoms in total. The minimum atomic E-state index is 0.595. The molecule has 0 amide bonds. The number of aromatic nitrogens is 6. The van der Waals surface area contributed by atoms with Crippen molar-refractivity contribution in [2.24, 2.45) is 5.41 Å². The zero-order valence-electron chi connectivity index (χ0n) is 20.2. The van der Waals surface area contributed by atoms with E-state index in [0.717, 1.165) is 42.2 Å². The normalized spacial score (nSPS) is 19.7. The second-order valence-electron chi connectivity index (χ2n) is 10.8. The summed E-state index contributed by atoms with van der Waals surface area (Å²) < 4.78 is 4.02. The molecule has 35 heavy (non-hydrogen) atoms. The molecular weight excluding hydrogens is 436 g/mol. The first kappa shape index (κ1) is 21.1. The number of likely N-dealkylation sites (tertiary alicyclic amines) is 1. The Kier molecular flexibility index (Phi) is 5.08. The van der Waals surface area contributed by atoms with E-state index in [4.69, 9.17) is 4.98 Å². The van der Waals surface area contributed by atoms with Gasteiger partial charge in [-0.25, -0.2) is 9.67 Å². The molecule has 0 bridgehead atoms. The Balaban J connectivity index is 1.04. The fourth-order valence-corrected chi connectivity index (χ4v) is 6.16. The largest absolute Gasteiger partial charge is 0.370 e. The molecule has 3 aliphatic rings. The number of nitrogens with zero attached hydrogens (tertiary/aromatic N) is 8. The highest BCUT2D eigenvalue weighted by atomic mass is 15.4. The molecule has 0 atom stereocenters. The van der Waals surface area contributed by atoms with Crippen LogP contribution >= 0.6 is 0 Å². The Morgan fingerprint density at radius 2 is 1.80 bits per heavy atom. The van der Waals surface area contributed by atoms with Crippen LogP contribution in [0, 0.1) is 5.41 Å². The molecule has 1 spiro atoms. The lowest BCUT2D eigenvalue weighted by Crippen LogP contribution is -2.32. The van der Waals surface area contributed by atoms with Gasteiger partial charge in [-0.05, 0) is 61.8 Å². The lowest BCUT2D eigenvalue weighted by molar-refractivity contribution is 0.137. The summed E-state index contributed by atoms with van der Waals surface area (Å²) in [5.74, 6) is 0. The Labute approximate surface area is 205 Å². The molecule has 4 aromatic rings. The van der Waals surface area contributed by atoms with E-state index in [1.807, 2.05) is 23.3 Å². The smallest absolute Gasteiger partial charge is 0.137 e. The third-order valence-corrected chi connectivity index (χ3v) is 8.25. The number of hydrogen-bond acceptors (Lipinski definition) is 6. The van der Waals surface area contributed by atoms with Crippen LogP contribution in [0.5, 0.6) is 0 Å². The van der Waals surface area contributed by atoms with Crippen LogP contribution in [-0.4, -0.2) is 60.4 Å². The molecule has 4 aromatic heterocycles.